The van der Waals surface area contributed by atoms with Crippen LogP contribution in [0, 0.1) is 46.3 Å². The molecule has 0 radical (unpaired) electrons. The van der Waals surface area contributed by atoms with Crippen LogP contribution < -0.4 is 0 Å². The molecule has 0 N–H and O–H groups in total. The second kappa shape index (κ2) is 1.22. The van der Waals surface area contributed by atoms with E-state index in [1.807, 2.05) is 0 Å². The van der Waals surface area contributed by atoms with Gasteiger partial charge in [0.2, 0.25) is 0 Å². The highest BCUT2D eigenvalue weighted by Crippen LogP contribution is 3.12. The number of hydrogen-bond acceptors (Lipinski definition) is 0. The number of fused-ring (bicyclic) bond motifs is 2. The van der Waals surface area contributed by atoms with Gasteiger partial charge in [-0.15, -0.1) is 0 Å². The first-order valence-corrected chi connectivity index (χ1v) is 7.14. The Morgan fingerprint density at radius 1 is 1.00 bits per heavy atom. The van der Waals surface area contributed by atoms with Gasteiger partial charge < -0.3 is 0 Å². The molecule has 13 heavy (non-hydrogen) atoms. The van der Waals surface area contributed by atoms with E-state index in [0.717, 1.165) is 34.5 Å². The smallest absolute Gasteiger partial charge is 0.0721 e. The number of hydrogen-bond donors (Lipinski definition) is 0. The van der Waals surface area contributed by atoms with E-state index in [-0.39, 0.29) is 0 Å². The van der Waals surface area contributed by atoms with E-state index in [4.69, 9.17) is 0 Å². The van der Waals surface area contributed by atoms with Crippen LogP contribution in [-0.2, 0) is 0 Å². The summed E-state index contributed by atoms with van der Waals surface area (Å²) in [5.74, 6) is 6.71. The van der Waals surface area contributed by atoms with Crippen LogP contribution in [0.15, 0.2) is 0 Å². The predicted molar refractivity (Wildman–Crippen MR) is 55.6 cm³/mol. The second-order valence-corrected chi connectivity index (χ2v) is 10.2. The fraction of sp³-hybridized carbons (Fsp3) is 1.00. The monoisotopic (exact) mass is 300 g/mol. The van der Waals surface area contributed by atoms with Gasteiger partial charge in [-0.05, 0) is 59.2 Å². The highest BCUT2D eigenvalue weighted by Gasteiger charge is 3.09. The van der Waals surface area contributed by atoms with Gasteiger partial charge in [-0.1, -0.05) is 31.9 Å². The van der Waals surface area contributed by atoms with E-state index in [9.17, 15) is 0 Å². The van der Waals surface area contributed by atoms with Gasteiger partial charge in [0.1, 0.15) is 0 Å². The molecule has 0 aromatic carbocycles. The number of alkyl halides is 2. The van der Waals surface area contributed by atoms with Crippen LogP contribution in [0.4, 0.5) is 0 Å². The van der Waals surface area contributed by atoms with E-state index in [0.29, 0.717) is 3.23 Å². The Hall–Kier alpha value is 0.960. The molecule has 68 valence electrons. The quantitative estimate of drug-likeness (QED) is 0.604. The molecular formula is C11H10Br2. The van der Waals surface area contributed by atoms with Gasteiger partial charge >= 0.3 is 0 Å². The Morgan fingerprint density at radius 3 is 2.69 bits per heavy atom. The van der Waals surface area contributed by atoms with E-state index < -0.39 is 0 Å². The van der Waals surface area contributed by atoms with Crippen molar-refractivity contribution in [3.63, 3.8) is 0 Å². The van der Waals surface area contributed by atoms with Gasteiger partial charge in [-0.3, -0.25) is 0 Å². The summed E-state index contributed by atoms with van der Waals surface area (Å²) in [5.41, 5.74) is 1.87. The van der Waals surface area contributed by atoms with Crippen molar-refractivity contribution in [2.24, 2.45) is 46.3 Å². The molecule has 0 bridgehead atoms. The molecule has 0 heterocycles. The summed E-state index contributed by atoms with van der Waals surface area (Å²) in [5, 5.41) is 0. The maximum Gasteiger partial charge on any atom is 0.0875 e. The zero-order chi connectivity index (χ0) is 8.38. The molecule has 6 aliphatic rings. The second-order valence-electron chi connectivity index (χ2n) is 6.49. The van der Waals surface area contributed by atoms with Crippen LogP contribution in [0.1, 0.15) is 12.8 Å². The SMILES string of the molecule is BrC1(Br)C2C3CC4C1C15CC41C3C25. The molecule has 6 rings (SSSR count). The molecule has 0 amide bonds. The summed E-state index contributed by atoms with van der Waals surface area (Å²) in [7, 11) is 0. The number of halogens is 2. The summed E-state index contributed by atoms with van der Waals surface area (Å²) in [6.45, 7) is 0. The van der Waals surface area contributed by atoms with E-state index >= 15 is 0 Å². The molecule has 2 heteroatoms. The zero-order valence-electron chi connectivity index (χ0n) is 7.13. The Morgan fingerprint density at radius 2 is 1.85 bits per heavy atom. The minimum absolute atomic E-state index is 0.394. The van der Waals surface area contributed by atoms with Gasteiger partial charge in [0.25, 0.3) is 0 Å². The largest absolute Gasteiger partial charge is 0.0875 e. The molecule has 6 saturated carbocycles. The summed E-state index contributed by atoms with van der Waals surface area (Å²) in [4.78, 5) is 0. The van der Waals surface area contributed by atoms with Gasteiger partial charge in [-0.25, -0.2) is 0 Å². The van der Waals surface area contributed by atoms with Crippen LogP contribution in [0.3, 0.4) is 0 Å². The van der Waals surface area contributed by atoms with E-state index in [1.165, 1.54) is 11.8 Å². The first-order valence-electron chi connectivity index (χ1n) is 5.55. The average molecular weight is 302 g/mol. The lowest BCUT2D eigenvalue weighted by molar-refractivity contribution is -0.183. The Kier molecular flexibility index (Phi) is 0.613. The molecule has 0 nitrogen and oxygen atoms in total. The van der Waals surface area contributed by atoms with Crippen molar-refractivity contribution in [2.75, 3.05) is 0 Å². The van der Waals surface area contributed by atoms with Gasteiger partial charge in [0.05, 0.1) is 3.23 Å². The van der Waals surface area contributed by atoms with Crippen molar-refractivity contribution in [3.05, 3.63) is 0 Å². The third-order valence-corrected chi connectivity index (χ3v) is 9.26. The average Bonchev–Trinajstić information content (AvgIpc) is 2.46. The predicted octanol–water partition coefficient (Wildman–Crippen LogP) is 3.00. The molecule has 6 fully saturated rings. The van der Waals surface area contributed by atoms with Crippen LogP contribution in [0.5, 0.6) is 0 Å². The summed E-state index contributed by atoms with van der Waals surface area (Å²) < 4.78 is 0.394. The van der Waals surface area contributed by atoms with Crippen molar-refractivity contribution in [1.29, 1.82) is 0 Å². The topological polar surface area (TPSA) is 0 Å². The molecule has 0 aromatic rings. The first kappa shape index (κ1) is 6.52. The highest BCUT2D eigenvalue weighted by molar-refractivity contribution is 9.25. The normalized spacial score (nSPS) is 90.9. The Labute approximate surface area is 94.1 Å². The van der Waals surface area contributed by atoms with Crippen molar-refractivity contribution >= 4 is 31.9 Å². The number of rotatable bonds is 0. The summed E-state index contributed by atoms with van der Waals surface area (Å²) in [6, 6.07) is 0. The molecule has 0 aliphatic heterocycles. The van der Waals surface area contributed by atoms with E-state index in [1.54, 1.807) is 12.8 Å². The lowest BCUT2D eigenvalue weighted by Gasteiger charge is -2.64. The third-order valence-electron chi connectivity index (χ3n) is 7.22. The van der Waals surface area contributed by atoms with Crippen molar-refractivity contribution in [3.8, 4) is 0 Å². The molecule has 0 aromatic heterocycles. The molecule has 6 aliphatic carbocycles. The van der Waals surface area contributed by atoms with Crippen LogP contribution in [0.2, 0.25) is 0 Å². The molecular weight excluding hydrogens is 292 g/mol. The van der Waals surface area contributed by atoms with E-state index in [2.05, 4.69) is 31.9 Å². The van der Waals surface area contributed by atoms with Gasteiger partial charge in [0.15, 0.2) is 0 Å². The third kappa shape index (κ3) is 0.285. The molecule has 0 saturated heterocycles. The van der Waals surface area contributed by atoms with Crippen LogP contribution >= 0.6 is 31.9 Å². The zero-order valence-corrected chi connectivity index (χ0v) is 10.3. The minimum Gasteiger partial charge on any atom is -0.0721 e. The summed E-state index contributed by atoms with van der Waals surface area (Å²) in [6.07, 6.45) is 3.24. The van der Waals surface area contributed by atoms with Crippen molar-refractivity contribution < 1.29 is 0 Å². The van der Waals surface area contributed by atoms with Crippen molar-refractivity contribution in [1.82, 2.24) is 0 Å². The van der Waals surface area contributed by atoms with Crippen LogP contribution in [0.25, 0.3) is 0 Å². The van der Waals surface area contributed by atoms with Gasteiger partial charge in [-0.2, -0.15) is 0 Å². The van der Waals surface area contributed by atoms with Crippen LogP contribution in [-0.4, -0.2) is 3.23 Å². The maximum absolute atomic E-state index is 4.02. The van der Waals surface area contributed by atoms with Gasteiger partial charge in [0, 0.05) is 0 Å². The lowest BCUT2D eigenvalue weighted by atomic mass is 9.39. The maximum atomic E-state index is 4.02. The first-order chi connectivity index (χ1) is 6.17. The Bertz CT molecular complexity index is 401. The molecule has 8 atom stereocenters. The minimum atomic E-state index is 0.394. The Balaban J connectivity index is 1.79. The lowest BCUT2D eigenvalue weighted by Crippen LogP contribution is -2.62. The molecule has 8 unspecified atom stereocenters. The van der Waals surface area contributed by atoms with Crippen molar-refractivity contribution in [2.45, 2.75) is 16.1 Å². The fourth-order valence-corrected chi connectivity index (χ4v) is 10.2. The summed E-state index contributed by atoms with van der Waals surface area (Å²) >= 11 is 8.03. The fourth-order valence-electron chi connectivity index (χ4n) is 7.54. The molecule has 2 spiro atoms. The standard InChI is InChI=1S/C11H10Br2/c12-11(13)6-3-1-4-8(11)10-2-9(4,10)5(3)7(6)10/h3-8H,1-2H2. The highest BCUT2D eigenvalue weighted by atomic mass is 79.9.